The highest BCUT2D eigenvalue weighted by Crippen LogP contribution is 2.08. The second-order valence-electron chi connectivity index (χ2n) is 4.38. The quantitative estimate of drug-likeness (QED) is 0.820. The van der Waals surface area contributed by atoms with Gasteiger partial charge in [-0.05, 0) is 13.3 Å². The molecule has 0 aliphatic carbocycles. The van der Waals surface area contributed by atoms with Gasteiger partial charge in [0.1, 0.15) is 0 Å². The maximum Gasteiger partial charge on any atom is 0.226 e. The molecule has 1 N–H and O–H groups in total. The topological polar surface area (TPSA) is 54.2 Å². The first-order chi connectivity index (χ1) is 7.79. The maximum absolute atomic E-state index is 5.18. The SMILES string of the molecule is CCCc1nc(CN2CCNCC2C)no1. The normalized spacial score (nSPS) is 22.5. The van der Waals surface area contributed by atoms with Gasteiger partial charge in [-0.25, -0.2) is 0 Å². The van der Waals surface area contributed by atoms with Crippen molar-refractivity contribution in [2.75, 3.05) is 19.6 Å². The summed E-state index contributed by atoms with van der Waals surface area (Å²) in [6.07, 6.45) is 1.93. The second-order valence-corrected chi connectivity index (χ2v) is 4.38. The molecular formula is C11H20N4O. The molecular weight excluding hydrogens is 204 g/mol. The van der Waals surface area contributed by atoms with Crippen LogP contribution in [0, 0.1) is 0 Å². The Morgan fingerprint density at radius 2 is 2.44 bits per heavy atom. The van der Waals surface area contributed by atoms with E-state index in [1.54, 1.807) is 0 Å². The lowest BCUT2D eigenvalue weighted by Crippen LogP contribution is -2.49. The molecule has 5 heteroatoms. The van der Waals surface area contributed by atoms with Gasteiger partial charge in [-0.15, -0.1) is 0 Å². The molecule has 1 aliphatic rings. The Morgan fingerprint density at radius 1 is 1.56 bits per heavy atom. The minimum atomic E-state index is 0.543. The minimum Gasteiger partial charge on any atom is -0.339 e. The van der Waals surface area contributed by atoms with E-state index in [9.17, 15) is 0 Å². The van der Waals surface area contributed by atoms with Crippen LogP contribution in [0.1, 0.15) is 32.0 Å². The molecule has 16 heavy (non-hydrogen) atoms. The number of aromatic nitrogens is 2. The summed E-state index contributed by atoms with van der Waals surface area (Å²) in [5.74, 6) is 1.58. The van der Waals surface area contributed by atoms with Gasteiger partial charge in [-0.2, -0.15) is 4.98 Å². The summed E-state index contributed by atoms with van der Waals surface area (Å²) in [7, 11) is 0. The van der Waals surface area contributed by atoms with E-state index in [1.165, 1.54) is 0 Å². The average molecular weight is 224 g/mol. The molecule has 0 amide bonds. The van der Waals surface area contributed by atoms with Gasteiger partial charge in [-0.1, -0.05) is 12.1 Å². The highest BCUT2D eigenvalue weighted by Gasteiger charge is 2.19. The van der Waals surface area contributed by atoms with Gasteiger partial charge in [0.05, 0.1) is 6.54 Å². The van der Waals surface area contributed by atoms with Crippen LogP contribution in [-0.4, -0.2) is 40.7 Å². The zero-order valence-corrected chi connectivity index (χ0v) is 10.1. The first-order valence-corrected chi connectivity index (χ1v) is 6.06. The number of hydrogen-bond acceptors (Lipinski definition) is 5. The molecule has 1 saturated heterocycles. The molecule has 1 fully saturated rings. The maximum atomic E-state index is 5.18. The first kappa shape index (κ1) is 11.5. The Balaban J connectivity index is 1.91. The highest BCUT2D eigenvalue weighted by molar-refractivity contribution is 4.88. The molecule has 1 aliphatic heterocycles. The van der Waals surface area contributed by atoms with Gasteiger partial charge >= 0.3 is 0 Å². The minimum absolute atomic E-state index is 0.543. The van der Waals surface area contributed by atoms with Gasteiger partial charge in [0.2, 0.25) is 5.89 Å². The Morgan fingerprint density at radius 3 is 3.19 bits per heavy atom. The van der Waals surface area contributed by atoms with Gasteiger partial charge in [-0.3, -0.25) is 4.90 Å². The predicted octanol–water partition coefficient (Wildman–Crippen LogP) is 0.816. The van der Waals surface area contributed by atoms with Crippen LogP contribution in [0.3, 0.4) is 0 Å². The van der Waals surface area contributed by atoms with E-state index in [2.05, 4.69) is 34.2 Å². The zero-order valence-electron chi connectivity index (χ0n) is 10.1. The number of nitrogens with zero attached hydrogens (tertiary/aromatic N) is 3. The average Bonchev–Trinajstić information content (AvgIpc) is 2.70. The Kier molecular flexibility index (Phi) is 3.90. The van der Waals surface area contributed by atoms with Crippen LogP contribution >= 0.6 is 0 Å². The summed E-state index contributed by atoms with van der Waals surface area (Å²) in [4.78, 5) is 6.77. The second kappa shape index (κ2) is 5.41. The lowest BCUT2D eigenvalue weighted by Gasteiger charge is -2.32. The van der Waals surface area contributed by atoms with E-state index < -0.39 is 0 Å². The van der Waals surface area contributed by atoms with E-state index >= 15 is 0 Å². The van der Waals surface area contributed by atoms with Crippen LogP contribution in [-0.2, 0) is 13.0 Å². The predicted molar refractivity (Wildman–Crippen MR) is 61.0 cm³/mol. The van der Waals surface area contributed by atoms with E-state index in [1.807, 2.05) is 0 Å². The molecule has 1 unspecified atom stereocenters. The van der Waals surface area contributed by atoms with Crippen molar-refractivity contribution in [3.8, 4) is 0 Å². The summed E-state index contributed by atoms with van der Waals surface area (Å²) in [5.41, 5.74) is 0. The van der Waals surface area contributed by atoms with Crippen molar-refractivity contribution in [3.05, 3.63) is 11.7 Å². The van der Waals surface area contributed by atoms with Crippen molar-refractivity contribution in [3.63, 3.8) is 0 Å². The summed E-state index contributed by atoms with van der Waals surface area (Å²) in [6.45, 7) is 8.28. The van der Waals surface area contributed by atoms with Crippen LogP contribution < -0.4 is 5.32 Å². The molecule has 2 rings (SSSR count). The summed E-state index contributed by atoms with van der Waals surface area (Å²) >= 11 is 0. The number of rotatable bonds is 4. The first-order valence-electron chi connectivity index (χ1n) is 6.06. The molecule has 0 saturated carbocycles. The van der Waals surface area contributed by atoms with Crippen LogP contribution in [0.5, 0.6) is 0 Å². The molecule has 0 radical (unpaired) electrons. The van der Waals surface area contributed by atoms with Crippen molar-refractivity contribution in [2.24, 2.45) is 0 Å². The van der Waals surface area contributed by atoms with E-state index in [4.69, 9.17) is 4.52 Å². The highest BCUT2D eigenvalue weighted by atomic mass is 16.5. The zero-order chi connectivity index (χ0) is 11.4. The summed E-state index contributed by atoms with van der Waals surface area (Å²) < 4.78 is 5.18. The number of hydrogen-bond donors (Lipinski definition) is 1. The molecule has 0 spiro atoms. The third kappa shape index (κ3) is 2.80. The molecule has 1 aromatic rings. The molecule has 0 aromatic carbocycles. The fourth-order valence-electron chi connectivity index (χ4n) is 1.97. The fraction of sp³-hybridized carbons (Fsp3) is 0.818. The Labute approximate surface area is 96.2 Å². The van der Waals surface area contributed by atoms with Crippen LogP contribution in [0.25, 0.3) is 0 Å². The van der Waals surface area contributed by atoms with E-state index in [0.29, 0.717) is 6.04 Å². The molecule has 0 bridgehead atoms. The summed E-state index contributed by atoms with van der Waals surface area (Å²) in [6, 6.07) is 0.543. The van der Waals surface area contributed by atoms with Crippen LogP contribution in [0.2, 0.25) is 0 Å². The lowest BCUT2D eigenvalue weighted by molar-refractivity contribution is 0.160. The number of nitrogens with one attached hydrogen (secondary N) is 1. The van der Waals surface area contributed by atoms with Gasteiger partial charge in [0.25, 0.3) is 0 Å². The third-order valence-electron chi connectivity index (χ3n) is 2.96. The van der Waals surface area contributed by atoms with Crippen molar-refractivity contribution < 1.29 is 4.52 Å². The molecule has 1 atom stereocenters. The largest absolute Gasteiger partial charge is 0.339 e. The van der Waals surface area contributed by atoms with Gasteiger partial charge in [0.15, 0.2) is 5.82 Å². The van der Waals surface area contributed by atoms with Crippen molar-refractivity contribution in [1.82, 2.24) is 20.4 Å². The standard InChI is InChI=1S/C11H20N4O/c1-3-4-11-13-10(14-16-11)8-15-6-5-12-7-9(15)2/h9,12H,3-8H2,1-2H3. The van der Waals surface area contributed by atoms with Gasteiger partial charge in [0, 0.05) is 32.1 Å². The molecule has 1 aromatic heterocycles. The molecule has 2 heterocycles. The smallest absolute Gasteiger partial charge is 0.226 e. The monoisotopic (exact) mass is 224 g/mol. The molecule has 5 nitrogen and oxygen atoms in total. The Hall–Kier alpha value is -0.940. The fourth-order valence-corrected chi connectivity index (χ4v) is 1.97. The summed E-state index contributed by atoms with van der Waals surface area (Å²) in [5, 5.41) is 7.39. The number of aryl methyl sites for hydroxylation is 1. The van der Waals surface area contributed by atoms with Crippen molar-refractivity contribution in [1.29, 1.82) is 0 Å². The van der Waals surface area contributed by atoms with Crippen LogP contribution in [0.4, 0.5) is 0 Å². The third-order valence-corrected chi connectivity index (χ3v) is 2.96. The van der Waals surface area contributed by atoms with Crippen molar-refractivity contribution in [2.45, 2.75) is 39.3 Å². The van der Waals surface area contributed by atoms with E-state index in [-0.39, 0.29) is 0 Å². The lowest BCUT2D eigenvalue weighted by atomic mass is 10.2. The number of piperazine rings is 1. The van der Waals surface area contributed by atoms with Crippen molar-refractivity contribution >= 4 is 0 Å². The molecule has 90 valence electrons. The van der Waals surface area contributed by atoms with E-state index in [0.717, 1.165) is 50.7 Å². The Bertz CT molecular complexity index is 326. The van der Waals surface area contributed by atoms with Crippen LogP contribution in [0.15, 0.2) is 4.52 Å². The van der Waals surface area contributed by atoms with Gasteiger partial charge < -0.3 is 9.84 Å².